The molecule has 1 amide bonds. The summed E-state index contributed by atoms with van der Waals surface area (Å²) < 4.78 is 43.2. The number of hydrogen-bond donors (Lipinski definition) is 0. The molecule has 2 saturated heterocycles. The van der Waals surface area contributed by atoms with Crippen LogP contribution in [0.4, 0.5) is 10.1 Å². The maximum absolute atomic E-state index is 13.6. The van der Waals surface area contributed by atoms with Crippen molar-refractivity contribution < 1.29 is 22.1 Å². The number of halogens is 1. The fraction of sp³-hybridized carbons (Fsp3) is 0.440. The van der Waals surface area contributed by atoms with Crippen LogP contribution in [0.5, 0.6) is 0 Å². The molecule has 0 bridgehead atoms. The number of fused-ring (bicyclic) bond motifs is 1. The van der Waals surface area contributed by atoms with E-state index in [2.05, 4.69) is 10.1 Å². The summed E-state index contributed by atoms with van der Waals surface area (Å²) in [6, 6.07) is 9.34. The van der Waals surface area contributed by atoms with E-state index in [0.29, 0.717) is 37.1 Å². The van der Waals surface area contributed by atoms with Crippen molar-refractivity contribution in [2.45, 2.75) is 42.9 Å². The quantitative estimate of drug-likeness (QED) is 0.545. The van der Waals surface area contributed by atoms with Crippen LogP contribution < -0.4 is 4.90 Å². The van der Waals surface area contributed by atoms with E-state index in [9.17, 15) is 17.6 Å². The Morgan fingerprint density at radius 1 is 1.03 bits per heavy atom. The standard InChI is InChI=1S/C25H28FN3O4S/c1-34(31,32)19-6-8-22(28-11-3-2-4-12-28)21(16-19)25(30)29-13-9-17(10-14-29)24-20-7-5-18(26)15-23(20)33-27-24/h5-8,15-17H,2-4,9-14H2,1H3. The van der Waals surface area contributed by atoms with Gasteiger partial charge in [-0.2, -0.15) is 0 Å². The summed E-state index contributed by atoms with van der Waals surface area (Å²) in [6.07, 6.45) is 5.85. The molecular weight excluding hydrogens is 457 g/mol. The third kappa shape index (κ3) is 4.41. The third-order valence-corrected chi connectivity index (χ3v) is 8.06. The monoisotopic (exact) mass is 485 g/mol. The average Bonchev–Trinajstić information content (AvgIpc) is 3.26. The molecule has 2 aliphatic heterocycles. The van der Waals surface area contributed by atoms with Gasteiger partial charge in [-0.05, 0) is 62.4 Å². The van der Waals surface area contributed by atoms with E-state index in [-0.39, 0.29) is 22.5 Å². The van der Waals surface area contributed by atoms with Gasteiger partial charge in [0, 0.05) is 55.5 Å². The summed E-state index contributed by atoms with van der Waals surface area (Å²) in [5.74, 6) is -0.396. The topological polar surface area (TPSA) is 83.7 Å². The van der Waals surface area contributed by atoms with Gasteiger partial charge in [0.05, 0.1) is 16.2 Å². The highest BCUT2D eigenvalue weighted by molar-refractivity contribution is 7.90. The number of sulfone groups is 1. The van der Waals surface area contributed by atoms with Crippen LogP contribution in [0.2, 0.25) is 0 Å². The number of hydrogen-bond acceptors (Lipinski definition) is 6. The molecular formula is C25H28FN3O4S. The van der Waals surface area contributed by atoms with Crippen LogP contribution in [0.3, 0.4) is 0 Å². The number of aromatic nitrogens is 1. The lowest BCUT2D eigenvalue weighted by atomic mass is 9.91. The van der Waals surface area contributed by atoms with E-state index in [1.807, 2.05) is 0 Å². The minimum Gasteiger partial charge on any atom is -0.371 e. The first-order valence-electron chi connectivity index (χ1n) is 11.7. The molecule has 34 heavy (non-hydrogen) atoms. The number of piperidine rings is 2. The number of likely N-dealkylation sites (tertiary alicyclic amines) is 1. The third-order valence-electron chi connectivity index (χ3n) is 6.95. The Hall–Kier alpha value is -2.94. The zero-order valence-electron chi connectivity index (χ0n) is 19.2. The lowest BCUT2D eigenvalue weighted by Gasteiger charge is -2.34. The van der Waals surface area contributed by atoms with E-state index in [1.54, 1.807) is 23.1 Å². The second kappa shape index (κ2) is 9.02. The Bertz CT molecular complexity index is 1320. The van der Waals surface area contributed by atoms with Gasteiger partial charge in [-0.1, -0.05) is 5.16 Å². The molecule has 0 radical (unpaired) electrons. The van der Waals surface area contributed by atoms with Crippen LogP contribution >= 0.6 is 0 Å². The van der Waals surface area contributed by atoms with Gasteiger partial charge in [0.1, 0.15) is 5.82 Å². The maximum atomic E-state index is 13.6. The Morgan fingerprint density at radius 3 is 2.47 bits per heavy atom. The molecule has 2 aromatic carbocycles. The second-order valence-corrected chi connectivity index (χ2v) is 11.3. The predicted molar refractivity (Wildman–Crippen MR) is 127 cm³/mol. The molecule has 0 saturated carbocycles. The fourth-order valence-electron chi connectivity index (χ4n) is 5.08. The number of carbonyl (C=O) groups excluding carboxylic acids is 1. The van der Waals surface area contributed by atoms with Gasteiger partial charge in [0.15, 0.2) is 15.4 Å². The Labute approximate surface area is 198 Å². The molecule has 0 aliphatic carbocycles. The van der Waals surface area contributed by atoms with Crippen molar-refractivity contribution in [2.75, 3.05) is 37.3 Å². The number of amides is 1. The highest BCUT2D eigenvalue weighted by Crippen LogP contribution is 2.34. The summed E-state index contributed by atoms with van der Waals surface area (Å²) in [5.41, 5.74) is 2.49. The smallest absolute Gasteiger partial charge is 0.256 e. The minimum atomic E-state index is -3.43. The first-order chi connectivity index (χ1) is 16.3. The molecule has 0 atom stereocenters. The number of carbonyl (C=O) groups is 1. The average molecular weight is 486 g/mol. The van der Waals surface area contributed by atoms with Gasteiger partial charge in [0.2, 0.25) is 0 Å². The highest BCUT2D eigenvalue weighted by Gasteiger charge is 2.30. The van der Waals surface area contributed by atoms with Gasteiger partial charge in [-0.25, -0.2) is 12.8 Å². The van der Waals surface area contributed by atoms with Crippen LogP contribution in [-0.2, 0) is 9.84 Å². The van der Waals surface area contributed by atoms with Gasteiger partial charge in [-0.3, -0.25) is 4.79 Å². The van der Waals surface area contributed by atoms with Crippen molar-refractivity contribution in [1.82, 2.24) is 10.1 Å². The summed E-state index contributed by atoms with van der Waals surface area (Å²) in [4.78, 5) is 17.8. The van der Waals surface area contributed by atoms with Crippen molar-refractivity contribution in [2.24, 2.45) is 0 Å². The van der Waals surface area contributed by atoms with Crippen molar-refractivity contribution in [3.63, 3.8) is 0 Å². The zero-order chi connectivity index (χ0) is 23.9. The molecule has 3 heterocycles. The summed E-state index contributed by atoms with van der Waals surface area (Å²) in [7, 11) is -3.43. The molecule has 0 unspecified atom stereocenters. The molecule has 0 spiro atoms. The number of benzene rings is 2. The van der Waals surface area contributed by atoms with Gasteiger partial charge < -0.3 is 14.3 Å². The largest absolute Gasteiger partial charge is 0.371 e. The van der Waals surface area contributed by atoms with E-state index in [4.69, 9.17) is 4.52 Å². The summed E-state index contributed by atoms with van der Waals surface area (Å²) >= 11 is 0. The van der Waals surface area contributed by atoms with E-state index in [1.165, 1.54) is 18.2 Å². The number of rotatable bonds is 4. The number of nitrogens with zero attached hydrogens (tertiary/aromatic N) is 3. The Kier molecular flexibility index (Phi) is 6.06. The minimum absolute atomic E-state index is 0.111. The maximum Gasteiger partial charge on any atom is 0.256 e. The van der Waals surface area contributed by atoms with Crippen LogP contribution in [0.1, 0.15) is 54.1 Å². The summed E-state index contributed by atoms with van der Waals surface area (Å²) in [5, 5.41) is 4.99. The molecule has 2 fully saturated rings. The molecule has 180 valence electrons. The second-order valence-electron chi connectivity index (χ2n) is 9.27. The van der Waals surface area contributed by atoms with Gasteiger partial charge in [-0.15, -0.1) is 0 Å². The fourth-order valence-corrected chi connectivity index (χ4v) is 5.73. The van der Waals surface area contributed by atoms with Crippen LogP contribution in [0, 0.1) is 5.82 Å². The summed E-state index contributed by atoms with van der Waals surface area (Å²) in [6.45, 7) is 2.78. The molecule has 5 rings (SSSR count). The van der Waals surface area contributed by atoms with Gasteiger partial charge in [0.25, 0.3) is 5.91 Å². The highest BCUT2D eigenvalue weighted by atomic mass is 32.2. The van der Waals surface area contributed by atoms with Crippen molar-refractivity contribution in [3.8, 4) is 0 Å². The lowest BCUT2D eigenvalue weighted by Crippen LogP contribution is -2.39. The first kappa shape index (κ1) is 22.8. The van der Waals surface area contributed by atoms with Crippen molar-refractivity contribution >= 4 is 32.4 Å². The van der Waals surface area contributed by atoms with E-state index >= 15 is 0 Å². The molecule has 2 aliphatic rings. The Morgan fingerprint density at radius 2 is 1.76 bits per heavy atom. The first-order valence-corrected chi connectivity index (χ1v) is 13.6. The van der Waals surface area contributed by atoms with Crippen LogP contribution in [0.15, 0.2) is 45.8 Å². The predicted octanol–water partition coefficient (Wildman–Crippen LogP) is 4.38. The zero-order valence-corrected chi connectivity index (χ0v) is 20.0. The van der Waals surface area contributed by atoms with Crippen molar-refractivity contribution in [3.05, 3.63) is 53.5 Å². The SMILES string of the molecule is CS(=O)(=O)c1ccc(N2CCCCC2)c(C(=O)N2CCC(c3noc4cc(F)ccc34)CC2)c1. The lowest BCUT2D eigenvalue weighted by molar-refractivity contribution is 0.0712. The Balaban J connectivity index is 1.38. The van der Waals surface area contributed by atoms with Crippen LogP contribution in [0.25, 0.3) is 11.0 Å². The normalized spacial score (nSPS) is 17.9. The molecule has 0 N–H and O–H groups in total. The molecule has 3 aromatic rings. The van der Waals surface area contributed by atoms with E-state index in [0.717, 1.165) is 55.4 Å². The molecule has 9 heteroatoms. The van der Waals surface area contributed by atoms with Gasteiger partial charge >= 0.3 is 0 Å². The molecule has 1 aromatic heterocycles. The molecule has 7 nitrogen and oxygen atoms in total. The van der Waals surface area contributed by atoms with Crippen LogP contribution in [-0.4, -0.2) is 56.8 Å². The number of anilines is 1. The van der Waals surface area contributed by atoms with Crippen molar-refractivity contribution in [1.29, 1.82) is 0 Å². The van der Waals surface area contributed by atoms with E-state index < -0.39 is 9.84 Å².